The molecule has 0 amide bonds. The summed E-state index contributed by atoms with van der Waals surface area (Å²) in [6.45, 7) is 1.99. The van der Waals surface area contributed by atoms with Gasteiger partial charge in [0, 0.05) is 5.69 Å². The van der Waals surface area contributed by atoms with Crippen molar-refractivity contribution in [3.05, 3.63) is 102 Å². The number of anilines is 1. The highest BCUT2D eigenvalue weighted by Gasteiger charge is 2.42. The van der Waals surface area contributed by atoms with E-state index >= 15 is 0 Å². The lowest BCUT2D eigenvalue weighted by molar-refractivity contribution is -0.141. The predicted octanol–water partition coefficient (Wildman–Crippen LogP) is 4.44. The third-order valence-electron chi connectivity index (χ3n) is 4.12. The van der Waals surface area contributed by atoms with Crippen molar-refractivity contribution in [2.24, 2.45) is 0 Å². The second-order valence-corrected chi connectivity index (χ2v) is 5.78. The normalized spacial score (nSPS) is 13.0. The molecule has 3 nitrogen and oxygen atoms in total. The maximum atomic E-state index is 12.4. The molecular weight excluding hydrogens is 298 g/mol. The van der Waals surface area contributed by atoms with E-state index < -0.39 is 11.5 Å². The fourth-order valence-corrected chi connectivity index (χ4v) is 2.84. The Kier molecular flexibility index (Phi) is 4.34. The number of aliphatic carboxylic acids is 1. The molecule has 0 aliphatic rings. The predicted molar refractivity (Wildman–Crippen MR) is 96.1 cm³/mol. The Hall–Kier alpha value is -3.07. The molecule has 0 saturated heterocycles. The van der Waals surface area contributed by atoms with Crippen molar-refractivity contribution in [2.75, 3.05) is 5.32 Å². The van der Waals surface area contributed by atoms with Gasteiger partial charge < -0.3 is 10.4 Å². The van der Waals surface area contributed by atoms with Crippen LogP contribution in [0.3, 0.4) is 0 Å². The standard InChI is InChI=1S/C21H19NO2/c1-16-12-14-18(15-13-16)21(20(23)24,17-8-4-2-5-9-17)22-19-10-6-3-7-11-19/h2-15,22H,1H3,(H,23,24). The maximum Gasteiger partial charge on any atom is 0.338 e. The van der Waals surface area contributed by atoms with Crippen LogP contribution in [0, 0.1) is 6.92 Å². The van der Waals surface area contributed by atoms with Crippen molar-refractivity contribution in [1.29, 1.82) is 0 Å². The average Bonchev–Trinajstić information content (AvgIpc) is 2.62. The largest absolute Gasteiger partial charge is 0.479 e. The van der Waals surface area contributed by atoms with Gasteiger partial charge in [0.2, 0.25) is 0 Å². The fraction of sp³-hybridized carbons (Fsp3) is 0.0952. The first-order valence-electron chi connectivity index (χ1n) is 7.82. The van der Waals surface area contributed by atoms with Gasteiger partial charge >= 0.3 is 5.97 Å². The van der Waals surface area contributed by atoms with Crippen LogP contribution in [0.5, 0.6) is 0 Å². The van der Waals surface area contributed by atoms with Crippen LogP contribution in [0.25, 0.3) is 0 Å². The minimum absolute atomic E-state index is 0.685. The van der Waals surface area contributed by atoms with Gasteiger partial charge in [0.1, 0.15) is 0 Å². The molecule has 3 aromatic carbocycles. The van der Waals surface area contributed by atoms with Crippen molar-refractivity contribution in [3.8, 4) is 0 Å². The van der Waals surface area contributed by atoms with Crippen LogP contribution >= 0.6 is 0 Å². The zero-order valence-electron chi connectivity index (χ0n) is 13.4. The lowest BCUT2D eigenvalue weighted by Crippen LogP contribution is -2.44. The van der Waals surface area contributed by atoms with Gasteiger partial charge in [-0.15, -0.1) is 0 Å². The number of para-hydroxylation sites is 1. The molecule has 0 aliphatic heterocycles. The molecule has 0 aliphatic carbocycles. The number of carbonyl (C=O) groups is 1. The summed E-state index contributed by atoms with van der Waals surface area (Å²) in [5.41, 5.74) is 1.87. The molecule has 0 spiro atoms. The van der Waals surface area contributed by atoms with Gasteiger partial charge in [-0.2, -0.15) is 0 Å². The average molecular weight is 317 g/mol. The van der Waals surface area contributed by atoms with Crippen molar-refractivity contribution < 1.29 is 9.90 Å². The zero-order valence-corrected chi connectivity index (χ0v) is 13.4. The minimum Gasteiger partial charge on any atom is -0.479 e. The molecule has 3 rings (SSSR count). The minimum atomic E-state index is -1.35. The summed E-state index contributed by atoms with van der Waals surface area (Å²) in [6.07, 6.45) is 0. The Labute approximate surface area is 141 Å². The van der Waals surface area contributed by atoms with Crippen LogP contribution in [-0.4, -0.2) is 11.1 Å². The zero-order chi connectivity index (χ0) is 17.0. The third kappa shape index (κ3) is 2.88. The summed E-state index contributed by atoms with van der Waals surface area (Å²) in [4.78, 5) is 12.4. The Bertz CT molecular complexity index is 813. The number of carboxylic acid groups (broad SMARTS) is 1. The van der Waals surface area contributed by atoms with Crippen LogP contribution in [0.1, 0.15) is 16.7 Å². The van der Waals surface area contributed by atoms with E-state index in [0.29, 0.717) is 11.1 Å². The molecule has 1 unspecified atom stereocenters. The molecule has 0 aromatic heterocycles. The molecule has 2 N–H and O–H groups in total. The summed E-state index contributed by atoms with van der Waals surface area (Å²) in [6, 6.07) is 26.3. The van der Waals surface area contributed by atoms with Crippen LogP contribution in [-0.2, 0) is 10.3 Å². The first-order chi connectivity index (χ1) is 11.6. The first kappa shape index (κ1) is 15.8. The number of carboxylic acids is 1. The van der Waals surface area contributed by atoms with Crippen molar-refractivity contribution in [3.63, 3.8) is 0 Å². The Morgan fingerprint density at radius 2 is 1.29 bits per heavy atom. The van der Waals surface area contributed by atoms with Crippen molar-refractivity contribution >= 4 is 11.7 Å². The Morgan fingerprint density at radius 3 is 1.83 bits per heavy atom. The van der Waals surface area contributed by atoms with E-state index in [9.17, 15) is 9.90 Å². The number of rotatable bonds is 5. The van der Waals surface area contributed by atoms with Crippen LogP contribution in [0.2, 0.25) is 0 Å². The summed E-state index contributed by atoms with van der Waals surface area (Å²) in [5, 5.41) is 13.4. The summed E-state index contributed by atoms with van der Waals surface area (Å²) in [5.74, 6) is -0.943. The van der Waals surface area contributed by atoms with Gasteiger partial charge in [0.25, 0.3) is 0 Å². The van der Waals surface area contributed by atoms with E-state index in [-0.39, 0.29) is 0 Å². The van der Waals surface area contributed by atoms with Crippen molar-refractivity contribution in [1.82, 2.24) is 0 Å². The highest BCUT2D eigenvalue weighted by Crippen LogP contribution is 2.34. The van der Waals surface area contributed by atoms with E-state index in [4.69, 9.17) is 0 Å². The first-order valence-corrected chi connectivity index (χ1v) is 7.82. The molecule has 3 heteroatoms. The topological polar surface area (TPSA) is 49.3 Å². The molecule has 3 aromatic rings. The van der Waals surface area contributed by atoms with Crippen LogP contribution in [0.15, 0.2) is 84.9 Å². The maximum absolute atomic E-state index is 12.4. The highest BCUT2D eigenvalue weighted by atomic mass is 16.4. The Balaban J connectivity index is 2.21. The Morgan fingerprint density at radius 1 is 0.792 bits per heavy atom. The van der Waals surface area contributed by atoms with E-state index in [1.165, 1.54) is 0 Å². The van der Waals surface area contributed by atoms with Crippen molar-refractivity contribution in [2.45, 2.75) is 12.5 Å². The summed E-state index contributed by atoms with van der Waals surface area (Å²) < 4.78 is 0. The van der Waals surface area contributed by atoms with Gasteiger partial charge in [0.15, 0.2) is 5.54 Å². The quantitative estimate of drug-likeness (QED) is 0.731. The van der Waals surface area contributed by atoms with E-state index in [1.54, 1.807) is 0 Å². The molecule has 0 saturated carbocycles. The third-order valence-corrected chi connectivity index (χ3v) is 4.12. The lowest BCUT2D eigenvalue weighted by atomic mass is 9.82. The highest BCUT2D eigenvalue weighted by molar-refractivity contribution is 5.89. The number of hydrogen-bond acceptors (Lipinski definition) is 2. The van der Waals surface area contributed by atoms with E-state index in [0.717, 1.165) is 11.3 Å². The van der Waals surface area contributed by atoms with Gasteiger partial charge in [-0.3, -0.25) is 0 Å². The number of nitrogens with one attached hydrogen (secondary N) is 1. The van der Waals surface area contributed by atoms with Gasteiger partial charge in [-0.05, 0) is 30.2 Å². The van der Waals surface area contributed by atoms with Gasteiger partial charge in [0.05, 0.1) is 0 Å². The lowest BCUT2D eigenvalue weighted by Gasteiger charge is -2.33. The van der Waals surface area contributed by atoms with Crippen LogP contribution < -0.4 is 5.32 Å². The molecule has 0 fully saturated rings. The monoisotopic (exact) mass is 317 g/mol. The summed E-state index contributed by atoms with van der Waals surface area (Å²) >= 11 is 0. The molecule has 0 heterocycles. The molecular formula is C21H19NO2. The second-order valence-electron chi connectivity index (χ2n) is 5.78. The molecule has 120 valence electrons. The molecule has 24 heavy (non-hydrogen) atoms. The smallest absolute Gasteiger partial charge is 0.338 e. The van der Waals surface area contributed by atoms with Gasteiger partial charge in [-0.1, -0.05) is 78.4 Å². The van der Waals surface area contributed by atoms with Gasteiger partial charge in [-0.25, -0.2) is 4.79 Å². The molecule has 1 atom stereocenters. The number of benzene rings is 3. The molecule has 0 radical (unpaired) electrons. The fourth-order valence-electron chi connectivity index (χ4n) is 2.84. The second kappa shape index (κ2) is 6.59. The molecule has 0 bridgehead atoms. The summed E-state index contributed by atoms with van der Waals surface area (Å²) in [7, 11) is 0. The number of hydrogen-bond donors (Lipinski definition) is 2. The number of aryl methyl sites for hydroxylation is 1. The SMILES string of the molecule is Cc1ccc(C(Nc2ccccc2)(C(=O)O)c2ccccc2)cc1. The van der Waals surface area contributed by atoms with Crippen LogP contribution in [0.4, 0.5) is 5.69 Å². The van der Waals surface area contributed by atoms with E-state index in [1.807, 2.05) is 91.9 Å². The van der Waals surface area contributed by atoms with E-state index in [2.05, 4.69) is 5.32 Å².